The predicted octanol–water partition coefficient (Wildman–Crippen LogP) is 7.61. The number of halogens is 2. The number of anilines is 1. The van der Waals surface area contributed by atoms with Gasteiger partial charge in [0.1, 0.15) is 0 Å². The zero-order valence-corrected chi connectivity index (χ0v) is 28.3. The Labute approximate surface area is 280 Å². The number of hydrogen-bond donors (Lipinski definition) is 5. The van der Waals surface area contributed by atoms with Crippen molar-refractivity contribution in [2.45, 2.75) is 82.4 Å². The molecule has 3 atom stereocenters. The molecule has 1 aliphatic heterocycles. The topological polar surface area (TPSA) is 105 Å². The molecule has 7 nitrogen and oxygen atoms in total. The van der Waals surface area contributed by atoms with Gasteiger partial charge in [0.25, 0.3) is 5.91 Å². The predicted molar refractivity (Wildman–Crippen MR) is 189 cm³/mol. The van der Waals surface area contributed by atoms with E-state index in [0.717, 1.165) is 61.6 Å². The number of amides is 1. The van der Waals surface area contributed by atoms with Gasteiger partial charge in [0.2, 0.25) is 0 Å². The minimum Gasteiger partial charge on any atom is -0.390 e. The second-order valence-corrected chi connectivity index (χ2v) is 15.0. The minimum absolute atomic E-state index is 0. The van der Waals surface area contributed by atoms with Gasteiger partial charge in [-0.2, -0.15) is 0 Å². The number of nitrogens with one attached hydrogen (secondary N) is 2. The molecule has 2 fully saturated rings. The van der Waals surface area contributed by atoms with Crippen LogP contribution in [0.4, 0.5) is 5.69 Å². The first kappa shape index (κ1) is 35.6. The van der Waals surface area contributed by atoms with Crippen molar-refractivity contribution in [2.75, 3.05) is 23.1 Å². The number of carbonyl (C=O) groups excluding carboxylic acids is 1. The molecule has 45 heavy (non-hydrogen) atoms. The van der Waals surface area contributed by atoms with Crippen molar-refractivity contribution >= 4 is 46.4 Å². The van der Waals surface area contributed by atoms with Crippen molar-refractivity contribution in [2.24, 2.45) is 0 Å². The molecular formula is C35H47Cl2N3O4S. The van der Waals surface area contributed by atoms with Gasteiger partial charge in [-0.1, -0.05) is 66.9 Å². The summed E-state index contributed by atoms with van der Waals surface area (Å²) in [5, 5.41) is 18.7. The number of aliphatic hydroxyl groups is 1. The van der Waals surface area contributed by atoms with Crippen LogP contribution in [0.3, 0.4) is 0 Å². The van der Waals surface area contributed by atoms with Crippen molar-refractivity contribution in [3.05, 3.63) is 100 Å². The summed E-state index contributed by atoms with van der Waals surface area (Å²) >= 11 is 6.16. The monoisotopic (exact) mass is 675 g/mol. The molecule has 0 radical (unpaired) electrons. The highest BCUT2D eigenvalue weighted by atomic mass is 35.5. The van der Waals surface area contributed by atoms with E-state index in [9.17, 15) is 19.0 Å². The van der Waals surface area contributed by atoms with Gasteiger partial charge in [0.15, 0.2) is 0 Å². The second-order valence-electron chi connectivity index (χ2n) is 12.4. The Morgan fingerprint density at radius 3 is 2.40 bits per heavy atom. The van der Waals surface area contributed by atoms with Gasteiger partial charge < -0.3 is 15.7 Å². The quantitative estimate of drug-likeness (QED) is 0.135. The fraction of sp³-hybridized carbons (Fsp3) is 0.457. The molecule has 1 heterocycles. The summed E-state index contributed by atoms with van der Waals surface area (Å²) in [6.07, 6.45) is 6.48. The molecule has 5 rings (SSSR count). The van der Waals surface area contributed by atoms with Gasteiger partial charge in [-0.3, -0.25) is 18.2 Å². The van der Waals surface area contributed by atoms with Crippen LogP contribution in [-0.4, -0.2) is 57.1 Å². The lowest BCUT2D eigenvalue weighted by atomic mass is 9.94. The van der Waals surface area contributed by atoms with E-state index in [2.05, 4.69) is 17.6 Å². The SMILES string of the molecule is CC(Cc1cccc(Cl)c1)NC[C@@H](O)[C@H](Cc1ccccc1)NC(=O)c1cc(C2CCCC2)cc(N2CCCCS2(O)O)c1.Cl. The Balaban J connectivity index is 0.00000461. The largest absolute Gasteiger partial charge is 0.390 e. The van der Waals surface area contributed by atoms with Gasteiger partial charge >= 0.3 is 0 Å². The van der Waals surface area contributed by atoms with Crippen molar-refractivity contribution in [3.63, 3.8) is 0 Å². The highest BCUT2D eigenvalue weighted by Crippen LogP contribution is 2.50. The second kappa shape index (κ2) is 16.5. The van der Waals surface area contributed by atoms with Crippen molar-refractivity contribution in [1.29, 1.82) is 0 Å². The van der Waals surface area contributed by atoms with Crippen LogP contribution in [0.2, 0.25) is 5.02 Å². The molecule has 10 heteroatoms. The molecule has 2 aliphatic rings. The summed E-state index contributed by atoms with van der Waals surface area (Å²) in [5.41, 5.74) is 4.38. The maximum atomic E-state index is 13.9. The molecule has 0 bridgehead atoms. The molecule has 1 unspecified atom stereocenters. The first-order chi connectivity index (χ1) is 21.2. The van der Waals surface area contributed by atoms with E-state index >= 15 is 0 Å². The van der Waals surface area contributed by atoms with E-state index in [1.807, 2.05) is 66.7 Å². The van der Waals surface area contributed by atoms with Crippen LogP contribution in [0.25, 0.3) is 0 Å². The molecule has 1 aliphatic carbocycles. The Morgan fingerprint density at radius 1 is 0.956 bits per heavy atom. The third kappa shape index (κ3) is 9.85. The molecule has 246 valence electrons. The molecule has 1 amide bonds. The third-order valence-corrected chi connectivity index (χ3v) is 11.1. The molecular weight excluding hydrogens is 629 g/mol. The van der Waals surface area contributed by atoms with Crippen LogP contribution in [0.15, 0.2) is 72.8 Å². The average molecular weight is 677 g/mol. The minimum atomic E-state index is -2.93. The van der Waals surface area contributed by atoms with E-state index < -0.39 is 22.9 Å². The van der Waals surface area contributed by atoms with E-state index in [0.29, 0.717) is 47.5 Å². The number of aliphatic hydroxyl groups excluding tert-OH is 1. The molecule has 5 N–H and O–H groups in total. The van der Waals surface area contributed by atoms with Gasteiger partial charge in [0, 0.05) is 29.7 Å². The van der Waals surface area contributed by atoms with E-state index in [1.165, 1.54) is 0 Å². The van der Waals surface area contributed by atoms with Crippen LogP contribution in [0, 0.1) is 0 Å². The van der Waals surface area contributed by atoms with E-state index in [4.69, 9.17) is 11.6 Å². The maximum Gasteiger partial charge on any atom is 0.251 e. The Morgan fingerprint density at radius 2 is 1.69 bits per heavy atom. The lowest BCUT2D eigenvalue weighted by Gasteiger charge is -2.47. The van der Waals surface area contributed by atoms with Crippen LogP contribution in [0.5, 0.6) is 0 Å². The standard InChI is InChI=1S/C35H46ClN3O4S.ClH/c1-25(18-27-12-9-15-31(36)19-27)37-24-34(40)33(20-26-10-3-2-4-11-26)38-35(41)30-21-29(28-13-5-6-14-28)22-32(23-30)39-16-7-8-17-44(39,42)43;/h2-4,9-12,15,19,21-23,25,28,33-34,37,40,42-43H,5-8,13-14,16-18,20,24H2,1H3,(H,38,41);1H/t25?,33-,34+;/m0./s1. The molecule has 1 saturated heterocycles. The Kier molecular flexibility index (Phi) is 13.0. The number of nitrogens with zero attached hydrogens (tertiary/aromatic N) is 1. The normalized spacial score (nSPS) is 19.3. The molecule has 3 aromatic carbocycles. The Bertz CT molecular complexity index is 1390. The van der Waals surface area contributed by atoms with Gasteiger partial charge in [-0.05, 0) is 98.4 Å². The lowest BCUT2D eigenvalue weighted by molar-refractivity contribution is 0.0826. The zero-order chi connectivity index (χ0) is 31.1. The van der Waals surface area contributed by atoms with Crippen molar-refractivity contribution < 1.29 is 19.0 Å². The maximum absolute atomic E-state index is 13.9. The van der Waals surface area contributed by atoms with Crippen LogP contribution < -0.4 is 14.9 Å². The van der Waals surface area contributed by atoms with Crippen LogP contribution in [-0.2, 0) is 12.8 Å². The van der Waals surface area contributed by atoms with Crippen LogP contribution in [0.1, 0.15) is 78.4 Å². The molecule has 3 aromatic rings. The number of carbonyl (C=O) groups is 1. The lowest BCUT2D eigenvalue weighted by Crippen LogP contribution is -2.50. The number of rotatable bonds is 12. The van der Waals surface area contributed by atoms with E-state index in [-0.39, 0.29) is 24.4 Å². The first-order valence-electron chi connectivity index (χ1n) is 15.9. The van der Waals surface area contributed by atoms with Crippen LogP contribution >= 0.6 is 34.8 Å². The fourth-order valence-corrected chi connectivity index (χ4v) is 8.36. The Hall–Kier alpha value is -2.30. The summed E-state index contributed by atoms with van der Waals surface area (Å²) in [6, 6.07) is 23.0. The number of hydrogen-bond acceptors (Lipinski definition) is 6. The first-order valence-corrected chi connectivity index (χ1v) is 17.9. The third-order valence-electron chi connectivity index (χ3n) is 8.88. The summed E-state index contributed by atoms with van der Waals surface area (Å²) in [7, 11) is -2.93. The van der Waals surface area contributed by atoms with Gasteiger partial charge in [-0.15, -0.1) is 23.2 Å². The average Bonchev–Trinajstić information content (AvgIpc) is 3.55. The highest BCUT2D eigenvalue weighted by Gasteiger charge is 2.30. The molecule has 1 saturated carbocycles. The van der Waals surface area contributed by atoms with Crippen molar-refractivity contribution in [3.8, 4) is 0 Å². The fourth-order valence-electron chi connectivity index (χ4n) is 6.47. The molecule has 0 spiro atoms. The summed E-state index contributed by atoms with van der Waals surface area (Å²) in [4.78, 5) is 13.9. The van der Waals surface area contributed by atoms with Crippen molar-refractivity contribution in [1.82, 2.24) is 10.6 Å². The summed E-state index contributed by atoms with van der Waals surface area (Å²) in [6.45, 7) is 2.92. The smallest absolute Gasteiger partial charge is 0.251 e. The van der Waals surface area contributed by atoms with E-state index in [1.54, 1.807) is 10.4 Å². The summed E-state index contributed by atoms with van der Waals surface area (Å²) in [5.74, 6) is 0.423. The zero-order valence-electron chi connectivity index (χ0n) is 25.9. The summed E-state index contributed by atoms with van der Waals surface area (Å²) < 4.78 is 23.5. The van der Waals surface area contributed by atoms with Gasteiger partial charge in [0.05, 0.1) is 23.6 Å². The molecule has 0 aromatic heterocycles. The van der Waals surface area contributed by atoms with Gasteiger partial charge in [-0.25, -0.2) is 0 Å². The number of benzene rings is 3. The highest BCUT2D eigenvalue weighted by molar-refractivity contribution is 8.25.